The highest BCUT2D eigenvalue weighted by molar-refractivity contribution is 9.09. The highest BCUT2D eigenvalue weighted by Gasteiger charge is 2.30. The molecule has 1 nitrogen and oxygen atoms in total. The van der Waals surface area contributed by atoms with E-state index in [0.717, 1.165) is 24.5 Å². The Morgan fingerprint density at radius 1 is 0.941 bits per heavy atom. The standard InChI is InChI=1S/C15H27BrO/c16-12-15(9-5-1-2-6-10-15)13-17-11-14-7-3-4-8-14/h14H,1-13H2. The SMILES string of the molecule is BrCC1(COCC2CCCC2)CCCCCC1. The van der Waals surface area contributed by atoms with Crippen LogP contribution in [0.2, 0.25) is 0 Å². The molecule has 2 rings (SSSR count). The van der Waals surface area contributed by atoms with Crippen molar-refractivity contribution in [2.45, 2.75) is 64.2 Å². The molecule has 0 aromatic heterocycles. The van der Waals surface area contributed by atoms with Crippen molar-refractivity contribution in [1.29, 1.82) is 0 Å². The molecule has 0 saturated heterocycles. The summed E-state index contributed by atoms with van der Waals surface area (Å²) < 4.78 is 6.08. The van der Waals surface area contributed by atoms with Crippen molar-refractivity contribution >= 4 is 15.9 Å². The van der Waals surface area contributed by atoms with Gasteiger partial charge < -0.3 is 4.74 Å². The molecule has 2 aliphatic carbocycles. The zero-order valence-electron chi connectivity index (χ0n) is 11.1. The third kappa shape index (κ3) is 4.24. The summed E-state index contributed by atoms with van der Waals surface area (Å²) in [6, 6.07) is 0. The lowest BCUT2D eigenvalue weighted by Crippen LogP contribution is -2.29. The second kappa shape index (κ2) is 7.13. The largest absolute Gasteiger partial charge is 0.381 e. The molecule has 2 saturated carbocycles. The minimum absolute atomic E-state index is 0.453. The number of halogens is 1. The van der Waals surface area contributed by atoms with Crippen LogP contribution < -0.4 is 0 Å². The van der Waals surface area contributed by atoms with E-state index >= 15 is 0 Å². The minimum Gasteiger partial charge on any atom is -0.381 e. The first kappa shape index (κ1) is 13.9. The summed E-state index contributed by atoms with van der Waals surface area (Å²) in [5.74, 6) is 0.869. The van der Waals surface area contributed by atoms with Gasteiger partial charge in [0.1, 0.15) is 0 Å². The zero-order chi connectivity index (χ0) is 12.0. The molecule has 0 bridgehead atoms. The molecule has 0 unspecified atom stereocenters. The van der Waals surface area contributed by atoms with Gasteiger partial charge in [-0.1, -0.05) is 54.5 Å². The maximum Gasteiger partial charge on any atom is 0.0530 e. The first-order valence-corrected chi connectivity index (χ1v) is 8.61. The Morgan fingerprint density at radius 3 is 2.18 bits per heavy atom. The third-order valence-corrected chi connectivity index (χ3v) is 5.87. The predicted octanol–water partition coefficient (Wildman–Crippen LogP) is 4.93. The Balaban J connectivity index is 1.73. The van der Waals surface area contributed by atoms with Gasteiger partial charge >= 0.3 is 0 Å². The van der Waals surface area contributed by atoms with E-state index < -0.39 is 0 Å². The highest BCUT2D eigenvalue weighted by atomic mass is 79.9. The molecule has 0 amide bonds. The van der Waals surface area contributed by atoms with Gasteiger partial charge in [0.15, 0.2) is 0 Å². The number of hydrogen-bond acceptors (Lipinski definition) is 1. The molecule has 0 spiro atoms. The summed E-state index contributed by atoms with van der Waals surface area (Å²) in [6.07, 6.45) is 14.1. The fraction of sp³-hybridized carbons (Fsp3) is 1.00. The van der Waals surface area contributed by atoms with Crippen LogP contribution in [0, 0.1) is 11.3 Å². The van der Waals surface area contributed by atoms with Gasteiger partial charge in [-0.05, 0) is 31.6 Å². The van der Waals surface area contributed by atoms with Crippen LogP contribution in [-0.4, -0.2) is 18.5 Å². The maximum atomic E-state index is 6.08. The van der Waals surface area contributed by atoms with Gasteiger partial charge in [-0.25, -0.2) is 0 Å². The van der Waals surface area contributed by atoms with Gasteiger partial charge in [0, 0.05) is 17.4 Å². The van der Waals surface area contributed by atoms with E-state index in [9.17, 15) is 0 Å². The molecule has 17 heavy (non-hydrogen) atoms. The smallest absolute Gasteiger partial charge is 0.0530 e. The lowest BCUT2D eigenvalue weighted by Gasteiger charge is -2.31. The van der Waals surface area contributed by atoms with Gasteiger partial charge in [0.05, 0.1) is 6.61 Å². The predicted molar refractivity (Wildman–Crippen MR) is 76.7 cm³/mol. The van der Waals surface area contributed by atoms with Crippen LogP contribution >= 0.6 is 15.9 Å². The van der Waals surface area contributed by atoms with Crippen LogP contribution in [0.4, 0.5) is 0 Å². The van der Waals surface area contributed by atoms with Gasteiger partial charge in [-0.15, -0.1) is 0 Å². The van der Waals surface area contributed by atoms with Gasteiger partial charge in [0.25, 0.3) is 0 Å². The van der Waals surface area contributed by atoms with Crippen LogP contribution in [-0.2, 0) is 4.74 Å². The van der Waals surface area contributed by atoms with Crippen molar-refractivity contribution in [2.24, 2.45) is 11.3 Å². The fourth-order valence-corrected chi connectivity index (χ4v) is 4.14. The summed E-state index contributed by atoms with van der Waals surface area (Å²) in [4.78, 5) is 0. The topological polar surface area (TPSA) is 9.23 Å². The monoisotopic (exact) mass is 302 g/mol. The van der Waals surface area contributed by atoms with Gasteiger partial charge in [0.2, 0.25) is 0 Å². The van der Waals surface area contributed by atoms with Crippen molar-refractivity contribution in [1.82, 2.24) is 0 Å². The maximum absolute atomic E-state index is 6.08. The molecule has 2 aliphatic rings. The van der Waals surface area contributed by atoms with E-state index in [1.165, 1.54) is 64.2 Å². The van der Waals surface area contributed by atoms with Crippen molar-refractivity contribution in [3.05, 3.63) is 0 Å². The minimum atomic E-state index is 0.453. The normalized spacial score (nSPS) is 25.9. The summed E-state index contributed by atoms with van der Waals surface area (Å²) in [7, 11) is 0. The second-order valence-corrected chi connectivity index (χ2v) is 6.77. The number of alkyl halides is 1. The van der Waals surface area contributed by atoms with Crippen LogP contribution in [0.5, 0.6) is 0 Å². The van der Waals surface area contributed by atoms with E-state index in [0.29, 0.717) is 5.41 Å². The molecule has 0 N–H and O–H groups in total. The van der Waals surface area contributed by atoms with Crippen molar-refractivity contribution in [3.63, 3.8) is 0 Å². The Hall–Kier alpha value is 0.440. The van der Waals surface area contributed by atoms with E-state index in [2.05, 4.69) is 15.9 Å². The van der Waals surface area contributed by atoms with Crippen LogP contribution in [0.15, 0.2) is 0 Å². The lowest BCUT2D eigenvalue weighted by molar-refractivity contribution is 0.0291. The molecular weight excluding hydrogens is 276 g/mol. The second-order valence-electron chi connectivity index (χ2n) is 6.21. The molecule has 0 aromatic rings. The Kier molecular flexibility index (Phi) is 5.82. The first-order valence-electron chi connectivity index (χ1n) is 7.48. The molecular formula is C15H27BrO. The summed E-state index contributed by atoms with van der Waals surface area (Å²) in [5.41, 5.74) is 0.453. The third-order valence-electron chi connectivity index (χ3n) is 4.68. The van der Waals surface area contributed by atoms with Crippen molar-refractivity contribution in [2.75, 3.05) is 18.5 Å². The Morgan fingerprint density at radius 2 is 1.59 bits per heavy atom. The van der Waals surface area contributed by atoms with Crippen LogP contribution in [0.25, 0.3) is 0 Å². The van der Waals surface area contributed by atoms with E-state index in [-0.39, 0.29) is 0 Å². The zero-order valence-corrected chi connectivity index (χ0v) is 12.6. The molecule has 0 aromatic carbocycles. The van der Waals surface area contributed by atoms with E-state index in [1.54, 1.807) is 0 Å². The van der Waals surface area contributed by atoms with E-state index in [4.69, 9.17) is 4.74 Å². The summed E-state index contributed by atoms with van der Waals surface area (Å²) in [5, 5.41) is 1.13. The summed E-state index contributed by atoms with van der Waals surface area (Å²) in [6.45, 7) is 2.02. The van der Waals surface area contributed by atoms with Gasteiger partial charge in [-0.2, -0.15) is 0 Å². The number of rotatable bonds is 5. The van der Waals surface area contributed by atoms with E-state index in [1.807, 2.05) is 0 Å². The molecule has 0 aliphatic heterocycles. The molecule has 0 heterocycles. The average molecular weight is 303 g/mol. The van der Waals surface area contributed by atoms with Crippen LogP contribution in [0.1, 0.15) is 64.2 Å². The number of hydrogen-bond donors (Lipinski definition) is 0. The Labute approximate surface area is 115 Å². The molecule has 100 valence electrons. The quantitative estimate of drug-likeness (QED) is 0.517. The van der Waals surface area contributed by atoms with Crippen LogP contribution in [0.3, 0.4) is 0 Å². The lowest BCUT2D eigenvalue weighted by atomic mass is 9.83. The molecule has 2 fully saturated rings. The fourth-order valence-electron chi connectivity index (χ4n) is 3.41. The van der Waals surface area contributed by atoms with Crippen molar-refractivity contribution < 1.29 is 4.74 Å². The Bertz CT molecular complexity index is 203. The first-order chi connectivity index (χ1) is 8.35. The van der Waals surface area contributed by atoms with Gasteiger partial charge in [-0.3, -0.25) is 0 Å². The molecule has 2 heteroatoms. The highest BCUT2D eigenvalue weighted by Crippen LogP contribution is 2.37. The average Bonchev–Trinajstić information content (AvgIpc) is 2.75. The summed E-state index contributed by atoms with van der Waals surface area (Å²) >= 11 is 3.74. The number of ether oxygens (including phenoxy) is 1. The van der Waals surface area contributed by atoms with Crippen molar-refractivity contribution in [3.8, 4) is 0 Å². The molecule has 0 atom stereocenters. The molecule has 0 radical (unpaired) electrons.